The summed E-state index contributed by atoms with van der Waals surface area (Å²) in [5.74, 6) is -0.461. The number of carboxylic acids is 1. The van der Waals surface area contributed by atoms with Crippen molar-refractivity contribution in [2.24, 2.45) is 0 Å². The topological polar surface area (TPSA) is 78.9 Å². The molecule has 1 saturated carbocycles. The largest absolute Gasteiger partial charge is 0.480 e. The number of nitrogens with one attached hydrogen (secondary N) is 1. The van der Waals surface area contributed by atoms with E-state index in [2.05, 4.69) is 5.32 Å². The number of carbonyl (C=O) groups excluding carboxylic acids is 1. The molecule has 0 aromatic rings. The normalized spacial score (nSPS) is 32.8. The molecule has 0 aromatic carbocycles. The average molecular weight is 302 g/mol. The highest BCUT2D eigenvalue weighted by Gasteiger charge is 2.42. The molecule has 6 nitrogen and oxygen atoms in total. The Kier molecular flexibility index (Phi) is 5.15. The minimum Gasteiger partial charge on any atom is -0.480 e. The van der Waals surface area contributed by atoms with Crippen LogP contribution in [0.3, 0.4) is 0 Å². The SMILES string of the molecule is CCOC1CC(NC(=O)N2C(CC)SCC2C(=O)O)C1. The first-order chi connectivity index (χ1) is 9.56. The number of carboxylic acid groups (broad SMARTS) is 1. The van der Waals surface area contributed by atoms with Crippen LogP contribution in [0.2, 0.25) is 0 Å². The number of thioether (sulfide) groups is 1. The minimum absolute atomic E-state index is 0.0427. The Morgan fingerprint density at radius 3 is 2.65 bits per heavy atom. The number of aliphatic carboxylic acids is 1. The Morgan fingerprint density at radius 1 is 1.40 bits per heavy atom. The summed E-state index contributed by atoms with van der Waals surface area (Å²) in [6, 6.07) is -0.862. The van der Waals surface area contributed by atoms with Crippen LogP contribution in [0.15, 0.2) is 0 Å². The number of carbonyl (C=O) groups is 2. The molecule has 2 aliphatic rings. The van der Waals surface area contributed by atoms with Crippen molar-refractivity contribution in [1.29, 1.82) is 0 Å². The van der Waals surface area contributed by atoms with Gasteiger partial charge in [-0.05, 0) is 26.2 Å². The molecule has 0 aromatic heterocycles. The van der Waals surface area contributed by atoms with Gasteiger partial charge in [0.05, 0.1) is 11.5 Å². The van der Waals surface area contributed by atoms with Crippen LogP contribution in [0.5, 0.6) is 0 Å². The van der Waals surface area contributed by atoms with Gasteiger partial charge >= 0.3 is 12.0 Å². The Morgan fingerprint density at radius 2 is 2.10 bits per heavy atom. The first-order valence-corrected chi connectivity index (χ1v) is 8.16. The molecule has 114 valence electrons. The lowest BCUT2D eigenvalue weighted by molar-refractivity contribution is -0.141. The molecule has 1 heterocycles. The van der Waals surface area contributed by atoms with Gasteiger partial charge < -0.3 is 15.2 Å². The predicted molar refractivity (Wildman–Crippen MR) is 76.8 cm³/mol. The van der Waals surface area contributed by atoms with Crippen molar-refractivity contribution in [3.8, 4) is 0 Å². The molecule has 0 radical (unpaired) electrons. The maximum Gasteiger partial charge on any atom is 0.327 e. The zero-order valence-electron chi connectivity index (χ0n) is 11.9. The molecular weight excluding hydrogens is 280 g/mol. The fraction of sp³-hybridized carbons (Fsp3) is 0.846. The van der Waals surface area contributed by atoms with Gasteiger partial charge in [0.15, 0.2) is 0 Å². The summed E-state index contributed by atoms with van der Waals surface area (Å²) < 4.78 is 5.45. The molecule has 2 rings (SSSR count). The van der Waals surface area contributed by atoms with Crippen LogP contribution in [-0.2, 0) is 9.53 Å². The van der Waals surface area contributed by atoms with Gasteiger partial charge in [-0.3, -0.25) is 4.90 Å². The van der Waals surface area contributed by atoms with Gasteiger partial charge in [-0.2, -0.15) is 0 Å². The lowest BCUT2D eigenvalue weighted by Crippen LogP contribution is -2.56. The summed E-state index contributed by atoms with van der Waals surface area (Å²) >= 11 is 1.54. The molecule has 2 unspecified atom stereocenters. The van der Waals surface area contributed by atoms with E-state index < -0.39 is 12.0 Å². The second kappa shape index (κ2) is 6.67. The van der Waals surface area contributed by atoms with Gasteiger partial charge in [0.25, 0.3) is 0 Å². The van der Waals surface area contributed by atoms with E-state index >= 15 is 0 Å². The van der Waals surface area contributed by atoms with Crippen molar-refractivity contribution in [1.82, 2.24) is 10.2 Å². The van der Waals surface area contributed by atoms with Gasteiger partial charge in [-0.25, -0.2) is 9.59 Å². The van der Waals surface area contributed by atoms with E-state index in [0.717, 1.165) is 19.3 Å². The van der Waals surface area contributed by atoms with E-state index in [1.165, 1.54) is 16.7 Å². The number of hydrogen-bond acceptors (Lipinski definition) is 4. The lowest BCUT2D eigenvalue weighted by atomic mass is 9.89. The number of amides is 2. The van der Waals surface area contributed by atoms with Crippen molar-refractivity contribution in [2.75, 3.05) is 12.4 Å². The number of rotatable bonds is 5. The fourth-order valence-corrected chi connectivity index (χ4v) is 3.99. The monoisotopic (exact) mass is 302 g/mol. The van der Waals surface area contributed by atoms with Crippen molar-refractivity contribution < 1.29 is 19.4 Å². The van der Waals surface area contributed by atoms with Crippen LogP contribution in [-0.4, -0.2) is 57.9 Å². The van der Waals surface area contributed by atoms with E-state index in [9.17, 15) is 14.7 Å². The van der Waals surface area contributed by atoms with Crippen molar-refractivity contribution in [3.63, 3.8) is 0 Å². The fourth-order valence-electron chi connectivity index (χ4n) is 2.65. The molecule has 7 heteroatoms. The molecule has 2 N–H and O–H groups in total. The molecule has 1 aliphatic carbocycles. The van der Waals surface area contributed by atoms with Gasteiger partial charge in [-0.1, -0.05) is 6.92 Å². The maximum atomic E-state index is 12.3. The summed E-state index contributed by atoms with van der Waals surface area (Å²) in [6.07, 6.45) is 2.62. The Bertz CT molecular complexity index is 373. The first-order valence-electron chi connectivity index (χ1n) is 7.11. The summed E-state index contributed by atoms with van der Waals surface area (Å²) in [6.45, 7) is 4.61. The van der Waals surface area contributed by atoms with Crippen molar-refractivity contribution >= 4 is 23.8 Å². The molecule has 0 spiro atoms. The zero-order valence-corrected chi connectivity index (χ0v) is 12.7. The molecule has 1 saturated heterocycles. The highest BCUT2D eigenvalue weighted by atomic mass is 32.2. The standard InChI is InChI=1S/C13H22N2O4S/c1-3-11-15(10(7-20-11)12(16)17)13(18)14-8-5-9(6-8)19-4-2/h8-11H,3-7H2,1-2H3,(H,14,18)(H,16,17). The van der Waals surface area contributed by atoms with E-state index in [1.54, 1.807) is 0 Å². The summed E-state index contributed by atoms with van der Waals surface area (Å²) in [4.78, 5) is 25.0. The second-order valence-corrected chi connectivity index (χ2v) is 6.36. The van der Waals surface area contributed by atoms with E-state index in [-0.39, 0.29) is 23.6 Å². The lowest BCUT2D eigenvalue weighted by Gasteiger charge is -2.37. The number of hydrogen-bond donors (Lipinski definition) is 2. The second-order valence-electron chi connectivity index (χ2n) is 5.15. The van der Waals surface area contributed by atoms with Crippen molar-refractivity contribution in [2.45, 2.75) is 56.7 Å². The summed E-state index contributed by atoms with van der Waals surface area (Å²) in [7, 11) is 0. The number of ether oxygens (including phenoxy) is 1. The highest BCUT2D eigenvalue weighted by molar-refractivity contribution is 8.00. The third kappa shape index (κ3) is 3.20. The van der Waals surface area contributed by atoms with Crippen molar-refractivity contribution in [3.05, 3.63) is 0 Å². The molecule has 0 bridgehead atoms. The molecule has 20 heavy (non-hydrogen) atoms. The Hall–Kier alpha value is -0.950. The molecular formula is C13H22N2O4S. The highest BCUT2D eigenvalue weighted by Crippen LogP contribution is 2.32. The average Bonchev–Trinajstić information content (AvgIpc) is 2.80. The van der Waals surface area contributed by atoms with E-state index in [1.807, 2.05) is 13.8 Å². The number of nitrogens with zero attached hydrogens (tertiary/aromatic N) is 1. The molecule has 2 atom stereocenters. The molecule has 2 fully saturated rings. The van der Waals surface area contributed by atoms with Gasteiger partial charge in [-0.15, -0.1) is 11.8 Å². The Labute approximate surface area is 123 Å². The van der Waals surface area contributed by atoms with Crippen LogP contribution >= 0.6 is 11.8 Å². The van der Waals surface area contributed by atoms with Crippen LogP contribution in [0, 0.1) is 0 Å². The predicted octanol–water partition coefficient (Wildman–Crippen LogP) is 1.50. The first kappa shape index (κ1) is 15.4. The van der Waals surface area contributed by atoms with Gasteiger partial charge in [0, 0.05) is 18.4 Å². The van der Waals surface area contributed by atoms with Crippen LogP contribution in [0.4, 0.5) is 4.79 Å². The molecule has 1 aliphatic heterocycles. The van der Waals surface area contributed by atoms with Crippen LogP contribution < -0.4 is 5.32 Å². The van der Waals surface area contributed by atoms with Gasteiger partial charge in [0.2, 0.25) is 0 Å². The van der Waals surface area contributed by atoms with Crippen LogP contribution in [0.1, 0.15) is 33.1 Å². The maximum absolute atomic E-state index is 12.3. The van der Waals surface area contributed by atoms with Gasteiger partial charge in [0.1, 0.15) is 6.04 Å². The zero-order chi connectivity index (χ0) is 14.7. The third-order valence-electron chi connectivity index (χ3n) is 3.79. The third-order valence-corrected chi connectivity index (χ3v) is 5.24. The smallest absolute Gasteiger partial charge is 0.327 e. The minimum atomic E-state index is -0.926. The quantitative estimate of drug-likeness (QED) is 0.804. The van der Waals surface area contributed by atoms with E-state index in [4.69, 9.17) is 4.74 Å². The Balaban J connectivity index is 1.88. The van der Waals surface area contributed by atoms with Crippen LogP contribution in [0.25, 0.3) is 0 Å². The van der Waals surface area contributed by atoms with E-state index in [0.29, 0.717) is 12.4 Å². The summed E-state index contributed by atoms with van der Waals surface area (Å²) in [5, 5.41) is 12.1. The molecule has 2 amide bonds. The summed E-state index contributed by atoms with van der Waals surface area (Å²) in [5.41, 5.74) is 0. The number of urea groups is 1.